The van der Waals surface area contributed by atoms with Crippen LogP contribution in [0, 0.1) is 5.92 Å². The average Bonchev–Trinajstić information content (AvgIpc) is 2.59. The van der Waals surface area contributed by atoms with Crippen molar-refractivity contribution >= 4 is 29.7 Å². The Hall–Kier alpha value is -0.650. The van der Waals surface area contributed by atoms with Gasteiger partial charge in [0, 0.05) is 23.9 Å². The predicted octanol–water partition coefficient (Wildman–Crippen LogP) is 1.70. The van der Waals surface area contributed by atoms with Crippen LogP contribution in [0.2, 0.25) is 0 Å². The average molecular weight is 290 g/mol. The normalized spacial score (nSPS) is 15.7. The number of rotatable bonds is 3. The monoisotopic (exact) mass is 289 g/mol. The molecule has 0 atom stereocenters. The molecule has 0 bridgehead atoms. The Morgan fingerprint density at radius 3 is 2.67 bits per heavy atom. The van der Waals surface area contributed by atoms with Gasteiger partial charge in [0.15, 0.2) is 0 Å². The third-order valence-corrected chi connectivity index (χ3v) is 3.74. The van der Waals surface area contributed by atoms with Gasteiger partial charge in [-0.2, -0.15) is 0 Å². The Morgan fingerprint density at radius 2 is 2.22 bits per heavy atom. The van der Waals surface area contributed by atoms with E-state index in [1.807, 2.05) is 0 Å². The largest absolute Gasteiger partial charge is 0.349 e. The molecule has 0 spiro atoms. The number of nitrogens with zero attached hydrogens (tertiary/aromatic N) is 1. The van der Waals surface area contributed by atoms with Gasteiger partial charge >= 0.3 is 0 Å². The highest BCUT2D eigenvalue weighted by Crippen LogP contribution is 2.23. The van der Waals surface area contributed by atoms with Crippen LogP contribution in [0.15, 0.2) is 5.38 Å². The van der Waals surface area contributed by atoms with Gasteiger partial charge in [-0.05, 0) is 0 Å². The minimum absolute atomic E-state index is 0. The van der Waals surface area contributed by atoms with Gasteiger partial charge in [0.2, 0.25) is 5.91 Å². The third-order valence-electron chi connectivity index (χ3n) is 2.89. The standard InChI is InChI=1S/C12H19N3OS.ClH/c1-12(2,3)9-7-17-10(15-9)6-14-11(16)8-4-13-5-8;/h7-8,13H,4-6H2,1-3H3,(H,14,16);1H. The minimum Gasteiger partial charge on any atom is -0.349 e. The summed E-state index contributed by atoms with van der Waals surface area (Å²) in [5.74, 6) is 0.285. The van der Waals surface area contributed by atoms with Crippen molar-refractivity contribution in [1.29, 1.82) is 0 Å². The highest BCUT2D eigenvalue weighted by molar-refractivity contribution is 7.09. The van der Waals surface area contributed by atoms with Gasteiger partial charge in [0.25, 0.3) is 0 Å². The second-order valence-electron chi connectivity index (χ2n) is 5.45. The maximum atomic E-state index is 11.6. The number of nitrogens with one attached hydrogen (secondary N) is 2. The lowest BCUT2D eigenvalue weighted by Gasteiger charge is -2.25. The lowest BCUT2D eigenvalue weighted by Crippen LogP contribution is -2.50. The van der Waals surface area contributed by atoms with Gasteiger partial charge in [-0.15, -0.1) is 23.7 Å². The summed E-state index contributed by atoms with van der Waals surface area (Å²) >= 11 is 1.61. The van der Waals surface area contributed by atoms with E-state index in [0.29, 0.717) is 6.54 Å². The highest BCUT2D eigenvalue weighted by Gasteiger charge is 2.24. The van der Waals surface area contributed by atoms with Crippen molar-refractivity contribution in [2.45, 2.75) is 32.7 Å². The molecule has 0 radical (unpaired) electrons. The minimum atomic E-state index is 0. The van der Waals surface area contributed by atoms with E-state index in [4.69, 9.17) is 0 Å². The fourth-order valence-electron chi connectivity index (χ4n) is 1.52. The zero-order valence-electron chi connectivity index (χ0n) is 10.9. The van der Waals surface area contributed by atoms with Crippen LogP contribution in [0.25, 0.3) is 0 Å². The Morgan fingerprint density at radius 1 is 1.56 bits per heavy atom. The van der Waals surface area contributed by atoms with E-state index in [0.717, 1.165) is 23.8 Å². The van der Waals surface area contributed by atoms with Crippen molar-refractivity contribution in [3.63, 3.8) is 0 Å². The topological polar surface area (TPSA) is 54.0 Å². The van der Waals surface area contributed by atoms with E-state index < -0.39 is 0 Å². The Kier molecular flexibility index (Phi) is 5.13. The van der Waals surface area contributed by atoms with E-state index in [-0.39, 0.29) is 29.6 Å². The number of thiazole rings is 1. The van der Waals surface area contributed by atoms with Crippen molar-refractivity contribution in [2.75, 3.05) is 13.1 Å². The summed E-state index contributed by atoms with van der Waals surface area (Å²) in [6, 6.07) is 0. The van der Waals surface area contributed by atoms with Crippen LogP contribution in [0.4, 0.5) is 0 Å². The fraction of sp³-hybridized carbons (Fsp3) is 0.667. The third kappa shape index (κ3) is 3.67. The summed E-state index contributed by atoms with van der Waals surface area (Å²) in [6.07, 6.45) is 0. The molecule has 1 aliphatic heterocycles. The van der Waals surface area contributed by atoms with Crippen molar-refractivity contribution in [1.82, 2.24) is 15.6 Å². The summed E-state index contributed by atoms with van der Waals surface area (Å²) in [5.41, 5.74) is 1.17. The van der Waals surface area contributed by atoms with Gasteiger partial charge in [0.1, 0.15) is 5.01 Å². The number of aromatic nitrogens is 1. The molecule has 1 aliphatic rings. The summed E-state index contributed by atoms with van der Waals surface area (Å²) in [7, 11) is 0. The summed E-state index contributed by atoms with van der Waals surface area (Å²) < 4.78 is 0. The molecule has 18 heavy (non-hydrogen) atoms. The number of carbonyl (C=O) groups is 1. The van der Waals surface area contributed by atoms with Crippen LogP contribution in [-0.4, -0.2) is 24.0 Å². The Bertz CT molecular complexity index is 410. The molecule has 6 heteroatoms. The molecule has 2 heterocycles. The number of halogens is 1. The van der Waals surface area contributed by atoms with Crippen LogP contribution >= 0.6 is 23.7 Å². The van der Waals surface area contributed by atoms with E-state index in [9.17, 15) is 4.79 Å². The van der Waals surface area contributed by atoms with Crippen LogP contribution in [0.1, 0.15) is 31.5 Å². The van der Waals surface area contributed by atoms with Crippen LogP contribution in [0.5, 0.6) is 0 Å². The van der Waals surface area contributed by atoms with E-state index >= 15 is 0 Å². The van der Waals surface area contributed by atoms with Crippen LogP contribution in [-0.2, 0) is 16.8 Å². The maximum absolute atomic E-state index is 11.6. The molecular formula is C12H20ClN3OS. The van der Waals surface area contributed by atoms with E-state index in [1.54, 1.807) is 11.3 Å². The molecule has 1 fully saturated rings. The first-order valence-corrected chi connectivity index (χ1v) is 6.78. The van der Waals surface area contributed by atoms with Gasteiger partial charge in [0.05, 0.1) is 18.2 Å². The molecule has 2 N–H and O–H groups in total. The zero-order valence-corrected chi connectivity index (χ0v) is 12.6. The SMILES string of the molecule is CC(C)(C)c1csc(CNC(=O)C2CNC2)n1.Cl. The molecule has 102 valence electrons. The molecule has 0 aromatic carbocycles. The lowest BCUT2D eigenvalue weighted by atomic mass is 9.93. The quantitative estimate of drug-likeness (QED) is 0.890. The smallest absolute Gasteiger partial charge is 0.226 e. The first-order valence-electron chi connectivity index (χ1n) is 5.90. The summed E-state index contributed by atoms with van der Waals surface area (Å²) in [4.78, 5) is 16.2. The second-order valence-corrected chi connectivity index (χ2v) is 6.39. The van der Waals surface area contributed by atoms with E-state index in [1.165, 1.54) is 0 Å². The second kappa shape index (κ2) is 5.99. The molecule has 0 unspecified atom stereocenters. The molecule has 1 aromatic heterocycles. The van der Waals surface area contributed by atoms with Crippen LogP contribution in [0.3, 0.4) is 0 Å². The van der Waals surface area contributed by atoms with Crippen molar-refractivity contribution in [3.05, 3.63) is 16.1 Å². The lowest BCUT2D eigenvalue weighted by molar-refractivity contribution is -0.126. The van der Waals surface area contributed by atoms with Crippen molar-refractivity contribution in [3.8, 4) is 0 Å². The number of amides is 1. The van der Waals surface area contributed by atoms with Crippen molar-refractivity contribution < 1.29 is 4.79 Å². The summed E-state index contributed by atoms with van der Waals surface area (Å²) in [5, 5.41) is 9.08. The molecule has 2 rings (SSSR count). The number of hydrogen-bond acceptors (Lipinski definition) is 4. The highest BCUT2D eigenvalue weighted by atomic mass is 35.5. The maximum Gasteiger partial charge on any atom is 0.226 e. The van der Waals surface area contributed by atoms with E-state index in [2.05, 4.69) is 41.8 Å². The first-order chi connectivity index (χ1) is 7.97. The van der Waals surface area contributed by atoms with Gasteiger partial charge in [-0.3, -0.25) is 4.79 Å². The fourth-order valence-corrected chi connectivity index (χ4v) is 2.48. The molecule has 0 saturated carbocycles. The summed E-state index contributed by atoms with van der Waals surface area (Å²) in [6.45, 7) is 8.59. The first kappa shape index (κ1) is 15.4. The Labute approximate surface area is 118 Å². The van der Waals surface area contributed by atoms with Gasteiger partial charge in [-0.1, -0.05) is 20.8 Å². The number of hydrogen-bond donors (Lipinski definition) is 2. The predicted molar refractivity (Wildman–Crippen MR) is 76.3 cm³/mol. The van der Waals surface area contributed by atoms with Gasteiger partial charge < -0.3 is 10.6 Å². The van der Waals surface area contributed by atoms with Gasteiger partial charge in [-0.25, -0.2) is 4.98 Å². The molecule has 1 saturated heterocycles. The molecule has 4 nitrogen and oxygen atoms in total. The van der Waals surface area contributed by atoms with Crippen LogP contribution < -0.4 is 10.6 Å². The number of carbonyl (C=O) groups excluding carboxylic acids is 1. The Balaban J connectivity index is 0.00000162. The van der Waals surface area contributed by atoms with Crippen molar-refractivity contribution in [2.24, 2.45) is 5.92 Å². The molecule has 1 amide bonds. The molecular weight excluding hydrogens is 270 g/mol. The molecule has 1 aromatic rings. The molecule has 0 aliphatic carbocycles. The zero-order chi connectivity index (χ0) is 12.5.